The zero-order valence-corrected chi connectivity index (χ0v) is 24.0. The van der Waals surface area contributed by atoms with E-state index in [1.807, 2.05) is 6.07 Å². The topological polar surface area (TPSA) is 189 Å². The smallest absolute Gasteiger partial charge is 0.475 e. The zero-order valence-electron chi connectivity index (χ0n) is 24.0. The highest BCUT2D eigenvalue weighted by atomic mass is 19.4. The number of benzene rings is 1. The molecule has 0 aliphatic rings. The summed E-state index contributed by atoms with van der Waals surface area (Å²) in [5.74, 6) is -2.43. The number of fused-ring (bicyclic) bond motifs is 1. The number of pyridine rings is 1. The molecule has 1 aromatic carbocycles. The molecule has 4 aromatic rings. The van der Waals surface area contributed by atoms with Gasteiger partial charge in [0.15, 0.2) is 0 Å². The molecule has 0 fully saturated rings. The predicted molar refractivity (Wildman–Crippen MR) is 153 cm³/mol. The molecule has 0 saturated carbocycles. The molecule has 3 heterocycles. The molecule has 0 atom stereocenters. The molecule has 0 aliphatic carbocycles. The van der Waals surface area contributed by atoms with Crippen molar-refractivity contribution in [1.29, 1.82) is 5.26 Å². The van der Waals surface area contributed by atoms with E-state index in [4.69, 9.17) is 15.2 Å². The summed E-state index contributed by atoms with van der Waals surface area (Å²) in [6.45, 7) is 0.140. The van der Waals surface area contributed by atoms with Crippen molar-refractivity contribution in [2.45, 2.75) is 12.4 Å². The lowest BCUT2D eigenvalue weighted by atomic mass is 10.1. The number of amides is 1. The molecule has 4 rings (SSSR count). The number of carbonyl (C=O) groups is 2. The van der Waals surface area contributed by atoms with E-state index < -0.39 is 29.8 Å². The second kappa shape index (κ2) is 15.7. The van der Waals surface area contributed by atoms with Gasteiger partial charge in [0, 0.05) is 50.2 Å². The van der Waals surface area contributed by atoms with E-state index in [0.29, 0.717) is 41.4 Å². The first-order chi connectivity index (χ1) is 22.2. The highest BCUT2D eigenvalue weighted by molar-refractivity contribution is 5.93. The van der Waals surface area contributed by atoms with Crippen LogP contribution in [0.15, 0.2) is 54.9 Å². The van der Waals surface area contributed by atoms with Crippen LogP contribution in [0.25, 0.3) is 16.9 Å². The summed E-state index contributed by atoms with van der Waals surface area (Å²) in [6.07, 6.45) is -6.66. The van der Waals surface area contributed by atoms with Crippen molar-refractivity contribution in [3.8, 4) is 17.3 Å². The summed E-state index contributed by atoms with van der Waals surface area (Å²) in [4.78, 5) is 36.3. The average Bonchev–Trinajstić information content (AvgIpc) is 3.47. The van der Waals surface area contributed by atoms with Gasteiger partial charge in [0.1, 0.15) is 23.2 Å². The Labute approximate surface area is 261 Å². The molecule has 0 aliphatic heterocycles. The van der Waals surface area contributed by atoms with Gasteiger partial charge in [-0.2, -0.15) is 31.6 Å². The Morgan fingerprint density at radius 3 is 2.06 bits per heavy atom. The molecule has 0 unspecified atom stereocenters. The second-order valence-electron chi connectivity index (χ2n) is 9.33. The first-order valence-corrected chi connectivity index (χ1v) is 13.4. The minimum Gasteiger partial charge on any atom is -0.475 e. The van der Waals surface area contributed by atoms with Crippen molar-refractivity contribution < 1.29 is 51.3 Å². The van der Waals surface area contributed by atoms with E-state index >= 15 is 0 Å². The summed E-state index contributed by atoms with van der Waals surface area (Å²) in [7, 11) is 0. The standard InChI is InChI=1S/C26H25F3N8O3.C2HF3O2/c27-26(28,29)19-4-2-18(3-5-19)20-13-23-34-21(24(40)36(9-11-38)10-12-39)16-37(23)25(35-20)32-8-7-31-22-6-1-17(14-30)15-33-22;3-2(4,5)1(6)7/h1-6,13,15-16,38-39H,7-12H2,(H,31,33)(H,32,35);(H,6,7). The molecule has 0 radical (unpaired) electrons. The van der Waals surface area contributed by atoms with E-state index in [9.17, 15) is 41.4 Å². The van der Waals surface area contributed by atoms with Crippen molar-refractivity contribution >= 4 is 29.3 Å². The number of aromatic nitrogens is 4. The van der Waals surface area contributed by atoms with Crippen LogP contribution in [-0.4, -0.2) is 97.0 Å². The number of aliphatic carboxylic acids is 1. The molecular weight excluding hydrogens is 642 g/mol. The van der Waals surface area contributed by atoms with Crippen LogP contribution in [0, 0.1) is 11.3 Å². The largest absolute Gasteiger partial charge is 0.490 e. The second-order valence-corrected chi connectivity index (χ2v) is 9.33. The number of carboxylic acids is 1. The van der Waals surface area contributed by atoms with Crippen LogP contribution in [0.1, 0.15) is 21.6 Å². The van der Waals surface area contributed by atoms with Crippen LogP contribution < -0.4 is 10.6 Å². The number of imidazole rings is 1. The number of hydrogen-bond acceptors (Lipinski definition) is 10. The number of nitrogens with one attached hydrogen (secondary N) is 2. The number of rotatable bonds is 11. The third kappa shape index (κ3) is 10.0. The maximum Gasteiger partial charge on any atom is 0.490 e. The van der Waals surface area contributed by atoms with Crippen molar-refractivity contribution in [2.75, 3.05) is 50.0 Å². The molecule has 0 spiro atoms. The van der Waals surface area contributed by atoms with Crippen LogP contribution in [-0.2, 0) is 11.0 Å². The fraction of sp³-hybridized carbons (Fsp3) is 0.286. The average molecular weight is 669 g/mol. The highest BCUT2D eigenvalue weighted by Crippen LogP contribution is 2.31. The Hall–Kier alpha value is -5.48. The minimum absolute atomic E-state index is 0.00246. The van der Waals surface area contributed by atoms with Gasteiger partial charge >= 0.3 is 18.3 Å². The lowest BCUT2D eigenvalue weighted by Gasteiger charge is -2.19. The van der Waals surface area contributed by atoms with Crippen molar-refractivity contribution in [1.82, 2.24) is 24.3 Å². The normalized spacial score (nSPS) is 11.3. The van der Waals surface area contributed by atoms with Gasteiger partial charge < -0.3 is 30.9 Å². The van der Waals surface area contributed by atoms with Gasteiger partial charge in [-0.15, -0.1) is 0 Å². The van der Waals surface area contributed by atoms with Gasteiger partial charge in [0.25, 0.3) is 5.91 Å². The molecule has 0 bridgehead atoms. The summed E-state index contributed by atoms with van der Waals surface area (Å²) < 4.78 is 72.4. The third-order valence-electron chi connectivity index (χ3n) is 6.06. The van der Waals surface area contributed by atoms with Crippen LogP contribution in [0.5, 0.6) is 0 Å². The number of nitriles is 1. The summed E-state index contributed by atoms with van der Waals surface area (Å²) in [6, 6.07) is 11.4. The Morgan fingerprint density at radius 1 is 0.936 bits per heavy atom. The van der Waals surface area contributed by atoms with Crippen molar-refractivity contribution in [2.24, 2.45) is 0 Å². The van der Waals surface area contributed by atoms with Gasteiger partial charge in [0.2, 0.25) is 5.95 Å². The van der Waals surface area contributed by atoms with E-state index in [1.54, 1.807) is 18.2 Å². The lowest BCUT2D eigenvalue weighted by molar-refractivity contribution is -0.192. The number of halogens is 6. The Morgan fingerprint density at radius 2 is 1.55 bits per heavy atom. The number of aliphatic hydroxyl groups is 2. The highest BCUT2D eigenvalue weighted by Gasteiger charge is 2.38. The number of hydrogen-bond donors (Lipinski definition) is 5. The molecule has 0 saturated heterocycles. The van der Waals surface area contributed by atoms with Gasteiger partial charge in [-0.05, 0) is 24.3 Å². The molecule has 250 valence electrons. The molecule has 1 amide bonds. The Kier molecular flexibility index (Phi) is 12.0. The van der Waals surface area contributed by atoms with E-state index in [1.165, 1.54) is 33.8 Å². The third-order valence-corrected chi connectivity index (χ3v) is 6.06. The SMILES string of the molecule is N#Cc1ccc(NCCNc2nc(-c3ccc(C(F)(F)F)cc3)cc3nc(C(=O)N(CCO)CCO)cn23)nc1.O=C(O)C(F)(F)F. The quantitative estimate of drug-likeness (QED) is 0.117. The Bertz CT molecular complexity index is 1700. The Balaban J connectivity index is 0.000000771. The van der Waals surface area contributed by atoms with Crippen molar-refractivity contribution in [3.63, 3.8) is 0 Å². The fourth-order valence-corrected chi connectivity index (χ4v) is 3.84. The van der Waals surface area contributed by atoms with Gasteiger partial charge in [-0.1, -0.05) is 12.1 Å². The maximum atomic E-state index is 13.1. The summed E-state index contributed by atoms with van der Waals surface area (Å²) in [5.41, 5.74) is 0.729. The van der Waals surface area contributed by atoms with Gasteiger partial charge in [-0.25, -0.2) is 19.7 Å². The number of carbonyl (C=O) groups excluding carboxylic acids is 1. The number of alkyl halides is 6. The maximum absolute atomic E-state index is 13.1. The van der Waals surface area contributed by atoms with E-state index in [2.05, 4.69) is 25.6 Å². The molecule has 47 heavy (non-hydrogen) atoms. The van der Waals surface area contributed by atoms with E-state index in [0.717, 1.165) is 12.1 Å². The number of nitrogens with zero attached hydrogens (tertiary/aromatic N) is 6. The zero-order chi connectivity index (χ0) is 34.8. The van der Waals surface area contributed by atoms with Gasteiger partial charge in [0.05, 0.1) is 30.0 Å². The number of aliphatic hydroxyl groups excluding tert-OH is 2. The van der Waals surface area contributed by atoms with Crippen LogP contribution in [0.4, 0.5) is 38.1 Å². The van der Waals surface area contributed by atoms with Crippen molar-refractivity contribution in [3.05, 3.63) is 71.7 Å². The van der Waals surface area contributed by atoms with Crippen LogP contribution >= 0.6 is 0 Å². The minimum atomic E-state index is -5.08. The van der Waals surface area contributed by atoms with Crippen LogP contribution in [0.3, 0.4) is 0 Å². The number of carboxylic acid groups (broad SMARTS) is 1. The molecule has 13 nitrogen and oxygen atoms in total. The molecule has 19 heteroatoms. The van der Waals surface area contributed by atoms with Gasteiger partial charge in [-0.3, -0.25) is 9.20 Å². The summed E-state index contributed by atoms with van der Waals surface area (Å²) >= 11 is 0. The fourth-order valence-electron chi connectivity index (χ4n) is 3.84. The first kappa shape index (κ1) is 36.0. The first-order valence-electron chi connectivity index (χ1n) is 13.4. The molecule has 3 aromatic heterocycles. The summed E-state index contributed by atoms with van der Waals surface area (Å²) in [5, 5.41) is 40.8. The van der Waals surface area contributed by atoms with Crippen LogP contribution in [0.2, 0.25) is 0 Å². The monoisotopic (exact) mass is 668 g/mol. The number of anilines is 2. The molecule has 5 N–H and O–H groups in total. The lowest BCUT2D eigenvalue weighted by Crippen LogP contribution is -2.36. The molecular formula is C28H26F6N8O5. The predicted octanol–water partition coefficient (Wildman–Crippen LogP) is 3.27. The van der Waals surface area contributed by atoms with E-state index in [-0.39, 0.29) is 37.9 Å².